The van der Waals surface area contributed by atoms with Gasteiger partial charge in [-0.15, -0.1) is 0 Å². The average Bonchev–Trinajstić information content (AvgIpc) is 3.35. The first kappa shape index (κ1) is 21.3. The molecule has 0 unspecified atom stereocenters. The number of anilines is 1. The number of furan rings is 1. The zero-order valence-corrected chi connectivity index (χ0v) is 18.7. The number of aryl methyl sites for hydroxylation is 2. The molecule has 9 heteroatoms. The molecule has 0 spiro atoms. The quantitative estimate of drug-likeness (QED) is 0.586. The van der Waals surface area contributed by atoms with E-state index in [-0.39, 0.29) is 23.9 Å². The number of hydrogen-bond acceptors (Lipinski definition) is 5. The zero-order valence-electron chi connectivity index (χ0n) is 17.9. The van der Waals surface area contributed by atoms with E-state index >= 15 is 0 Å². The second-order valence-corrected chi connectivity index (χ2v) is 9.76. The summed E-state index contributed by atoms with van der Waals surface area (Å²) in [5.74, 6) is 0.443. The number of benzene rings is 1. The molecule has 3 heterocycles. The van der Waals surface area contributed by atoms with Gasteiger partial charge in [-0.3, -0.25) is 9.48 Å². The van der Waals surface area contributed by atoms with Crippen molar-refractivity contribution in [2.45, 2.75) is 44.7 Å². The number of para-hydroxylation sites is 1. The molecule has 31 heavy (non-hydrogen) atoms. The normalized spacial score (nSPS) is 14.1. The molecular formula is C22H26N4O4S. The van der Waals surface area contributed by atoms with Crippen LogP contribution < -0.4 is 4.90 Å². The Morgan fingerprint density at radius 2 is 1.97 bits per heavy atom. The highest BCUT2D eigenvalue weighted by molar-refractivity contribution is 7.89. The molecule has 3 aromatic rings. The highest BCUT2D eigenvalue weighted by Crippen LogP contribution is 2.28. The lowest BCUT2D eigenvalue weighted by Gasteiger charge is -2.29. The molecule has 1 aliphatic rings. The van der Waals surface area contributed by atoms with Gasteiger partial charge in [-0.25, -0.2) is 8.42 Å². The summed E-state index contributed by atoms with van der Waals surface area (Å²) in [5, 5.41) is 4.39. The number of rotatable bonds is 6. The number of hydrogen-bond donors (Lipinski definition) is 0. The summed E-state index contributed by atoms with van der Waals surface area (Å²) in [6.07, 6.45) is 3.36. The molecule has 0 fully saturated rings. The minimum atomic E-state index is -3.80. The lowest BCUT2D eigenvalue weighted by atomic mass is 10.0. The summed E-state index contributed by atoms with van der Waals surface area (Å²) >= 11 is 0. The average molecular weight is 443 g/mol. The molecule has 1 aromatic carbocycles. The molecule has 0 atom stereocenters. The molecule has 2 aromatic heterocycles. The Labute approximate surface area is 182 Å². The molecule has 164 valence electrons. The monoisotopic (exact) mass is 442 g/mol. The van der Waals surface area contributed by atoms with E-state index in [2.05, 4.69) is 5.10 Å². The maximum Gasteiger partial charge on any atom is 0.248 e. The van der Waals surface area contributed by atoms with Crippen LogP contribution in [0.1, 0.15) is 29.1 Å². The Morgan fingerprint density at radius 3 is 2.71 bits per heavy atom. The van der Waals surface area contributed by atoms with Gasteiger partial charge in [0.2, 0.25) is 15.9 Å². The Hall–Kier alpha value is -2.91. The van der Waals surface area contributed by atoms with Crippen molar-refractivity contribution in [3.63, 3.8) is 0 Å². The third-order valence-corrected chi connectivity index (χ3v) is 7.69. The van der Waals surface area contributed by atoms with E-state index in [0.29, 0.717) is 23.7 Å². The standard InChI is InChI=1S/C22H26N4O4S/c1-16-22(31(28,29)24(3)14-19-10-7-13-30-19)17(2)26(23-16)15-21(27)25-12-6-9-18-8-4-5-11-20(18)25/h4-5,7-8,10-11,13H,6,9,12,14-15H2,1-3H3. The van der Waals surface area contributed by atoms with Crippen LogP contribution in [-0.4, -0.2) is 42.0 Å². The Bertz CT molecular complexity index is 1200. The molecule has 0 N–H and O–H groups in total. The maximum atomic E-state index is 13.2. The fourth-order valence-electron chi connectivity index (χ4n) is 4.08. The summed E-state index contributed by atoms with van der Waals surface area (Å²) in [6.45, 7) is 4.08. The van der Waals surface area contributed by atoms with Gasteiger partial charge in [-0.2, -0.15) is 9.40 Å². The molecule has 1 aliphatic heterocycles. The first-order valence-corrected chi connectivity index (χ1v) is 11.6. The first-order valence-electron chi connectivity index (χ1n) is 10.2. The number of amides is 1. The number of carbonyl (C=O) groups excluding carboxylic acids is 1. The van der Waals surface area contributed by atoms with Gasteiger partial charge in [0.25, 0.3) is 0 Å². The van der Waals surface area contributed by atoms with Crippen LogP contribution in [0.3, 0.4) is 0 Å². The lowest BCUT2D eigenvalue weighted by molar-refractivity contribution is -0.119. The maximum absolute atomic E-state index is 13.2. The van der Waals surface area contributed by atoms with Crippen LogP contribution in [0.25, 0.3) is 0 Å². The molecule has 0 bridgehead atoms. The molecule has 0 saturated carbocycles. The van der Waals surface area contributed by atoms with Crippen molar-refractivity contribution in [1.82, 2.24) is 14.1 Å². The Morgan fingerprint density at radius 1 is 1.19 bits per heavy atom. The molecule has 8 nitrogen and oxygen atoms in total. The van der Waals surface area contributed by atoms with Crippen LogP contribution in [0.2, 0.25) is 0 Å². The highest BCUT2D eigenvalue weighted by atomic mass is 32.2. The van der Waals surface area contributed by atoms with Crippen molar-refractivity contribution in [2.24, 2.45) is 0 Å². The Balaban J connectivity index is 1.58. The van der Waals surface area contributed by atoms with Gasteiger partial charge in [0.05, 0.1) is 24.2 Å². The highest BCUT2D eigenvalue weighted by Gasteiger charge is 2.30. The summed E-state index contributed by atoms with van der Waals surface area (Å²) < 4.78 is 34.4. The summed E-state index contributed by atoms with van der Waals surface area (Å²) in [6, 6.07) is 11.3. The Kier molecular flexibility index (Phi) is 5.72. The van der Waals surface area contributed by atoms with Gasteiger partial charge >= 0.3 is 0 Å². The zero-order chi connectivity index (χ0) is 22.2. The summed E-state index contributed by atoms with van der Waals surface area (Å²) in [5.41, 5.74) is 2.89. The fourth-order valence-corrected chi connectivity index (χ4v) is 5.58. The molecule has 4 rings (SSSR count). The van der Waals surface area contributed by atoms with E-state index in [1.807, 2.05) is 24.3 Å². The third-order valence-electron chi connectivity index (χ3n) is 5.64. The third kappa shape index (κ3) is 4.03. The van der Waals surface area contributed by atoms with Crippen LogP contribution in [0.4, 0.5) is 5.69 Å². The second-order valence-electron chi connectivity index (χ2n) is 7.78. The summed E-state index contributed by atoms with van der Waals surface area (Å²) in [7, 11) is -2.30. The van der Waals surface area contributed by atoms with Crippen LogP contribution in [0.15, 0.2) is 52.0 Å². The fraction of sp³-hybridized carbons (Fsp3) is 0.364. The van der Waals surface area contributed by atoms with Crippen LogP contribution >= 0.6 is 0 Å². The SMILES string of the molecule is Cc1nn(CC(=O)N2CCCc3ccccc32)c(C)c1S(=O)(=O)N(C)Cc1ccco1. The van der Waals surface area contributed by atoms with Gasteiger partial charge in [0, 0.05) is 19.3 Å². The van der Waals surface area contributed by atoms with Gasteiger partial charge in [-0.05, 0) is 50.5 Å². The van der Waals surface area contributed by atoms with Crippen molar-refractivity contribution >= 4 is 21.6 Å². The van der Waals surface area contributed by atoms with Crippen molar-refractivity contribution < 1.29 is 17.6 Å². The molecular weight excluding hydrogens is 416 g/mol. The minimum absolute atomic E-state index is 0.0155. The van der Waals surface area contributed by atoms with Crippen molar-refractivity contribution in [3.05, 3.63) is 65.4 Å². The van der Waals surface area contributed by atoms with Crippen LogP contribution in [-0.2, 0) is 34.3 Å². The van der Waals surface area contributed by atoms with Crippen LogP contribution in [0, 0.1) is 13.8 Å². The largest absolute Gasteiger partial charge is 0.468 e. The van der Waals surface area contributed by atoms with Gasteiger partial charge in [-0.1, -0.05) is 18.2 Å². The van der Waals surface area contributed by atoms with E-state index in [0.717, 1.165) is 24.1 Å². The number of nitrogens with zero attached hydrogens (tertiary/aromatic N) is 4. The second kappa shape index (κ2) is 8.32. The van der Waals surface area contributed by atoms with Crippen LogP contribution in [0.5, 0.6) is 0 Å². The predicted octanol–water partition coefficient (Wildman–Crippen LogP) is 2.89. The van der Waals surface area contributed by atoms with Crippen molar-refractivity contribution in [3.8, 4) is 0 Å². The number of fused-ring (bicyclic) bond motifs is 1. The smallest absolute Gasteiger partial charge is 0.248 e. The van der Waals surface area contributed by atoms with Gasteiger partial charge in [0.15, 0.2) is 0 Å². The number of aromatic nitrogens is 2. The molecule has 0 radical (unpaired) electrons. The van der Waals surface area contributed by atoms with Crippen molar-refractivity contribution in [1.29, 1.82) is 0 Å². The van der Waals surface area contributed by atoms with E-state index < -0.39 is 10.0 Å². The first-order chi connectivity index (χ1) is 14.8. The number of carbonyl (C=O) groups is 1. The molecule has 0 aliphatic carbocycles. The summed E-state index contributed by atoms with van der Waals surface area (Å²) in [4.78, 5) is 15.0. The predicted molar refractivity (Wildman–Crippen MR) is 116 cm³/mol. The van der Waals surface area contributed by atoms with Crippen molar-refractivity contribution in [2.75, 3.05) is 18.5 Å². The van der Waals surface area contributed by atoms with Gasteiger partial charge in [0.1, 0.15) is 17.2 Å². The number of sulfonamides is 1. The molecule has 0 saturated heterocycles. The minimum Gasteiger partial charge on any atom is -0.468 e. The van der Waals surface area contributed by atoms with E-state index in [1.54, 1.807) is 30.9 Å². The molecule has 1 amide bonds. The van der Waals surface area contributed by atoms with E-state index in [4.69, 9.17) is 4.42 Å². The topological polar surface area (TPSA) is 88.7 Å². The lowest BCUT2D eigenvalue weighted by Crippen LogP contribution is -2.38. The van der Waals surface area contributed by atoms with Gasteiger partial charge < -0.3 is 9.32 Å². The van der Waals surface area contributed by atoms with E-state index in [9.17, 15) is 13.2 Å². The van der Waals surface area contributed by atoms with E-state index in [1.165, 1.54) is 22.3 Å².